The molecule has 0 atom stereocenters. The monoisotopic (exact) mass is 492 g/mol. The summed E-state index contributed by atoms with van der Waals surface area (Å²) in [5, 5.41) is 7.54. The van der Waals surface area contributed by atoms with Crippen LogP contribution in [0.15, 0.2) is 36.4 Å². The maximum absolute atomic E-state index is 3.77. The Kier molecular flexibility index (Phi) is 12.6. The van der Waals surface area contributed by atoms with Crippen LogP contribution in [0.5, 0.6) is 0 Å². The summed E-state index contributed by atoms with van der Waals surface area (Å²) >= 11 is 0. The van der Waals surface area contributed by atoms with E-state index in [9.17, 15) is 0 Å². The van der Waals surface area contributed by atoms with E-state index in [4.69, 9.17) is 0 Å². The Hall–Kier alpha value is -1.48. The SMILES string of the molecule is CC(C)c1cccc(C(C)C)c1NCCN(C)CCNc1c(C(C)C)cccc1C(C)C.[Mn]. The van der Waals surface area contributed by atoms with Gasteiger partial charge in [-0.2, -0.15) is 0 Å². The summed E-state index contributed by atoms with van der Waals surface area (Å²) in [4.78, 5) is 2.42. The average molecular weight is 493 g/mol. The van der Waals surface area contributed by atoms with Crippen LogP contribution in [0.1, 0.15) is 101 Å². The summed E-state index contributed by atoms with van der Waals surface area (Å²) in [6.45, 7) is 22.2. The molecule has 0 fully saturated rings. The van der Waals surface area contributed by atoms with Gasteiger partial charge in [-0.05, 0) is 53.0 Å². The van der Waals surface area contributed by atoms with Crippen molar-refractivity contribution in [1.29, 1.82) is 0 Å². The van der Waals surface area contributed by atoms with E-state index in [1.54, 1.807) is 0 Å². The molecule has 2 aromatic carbocycles. The Bertz CT molecular complexity index is 721. The number of hydrogen-bond donors (Lipinski definition) is 2. The molecule has 0 heterocycles. The van der Waals surface area contributed by atoms with Crippen LogP contribution in [-0.4, -0.2) is 38.1 Å². The zero-order chi connectivity index (χ0) is 23.8. The van der Waals surface area contributed by atoms with E-state index in [0.717, 1.165) is 26.2 Å². The quantitative estimate of drug-likeness (QED) is 0.298. The van der Waals surface area contributed by atoms with Crippen molar-refractivity contribution in [2.24, 2.45) is 0 Å². The smallest absolute Gasteiger partial charge is 0.0410 e. The number of rotatable bonds is 12. The molecule has 4 heteroatoms. The molecule has 0 saturated heterocycles. The molecule has 185 valence electrons. The first-order chi connectivity index (χ1) is 15.1. The Morgan fingerprint density at radius 1 is 0.576 bits per heavy atom. The van der Waals surface area contributed by atoms with Gasteiger partial charge in [-0.3, -0.25) is 0 Å². The fourth-order valence-electron chi connectivity index (χ4n) is 4.37. The molecule has 1 radical (unpaired) electrons. The molecule has 0 aromatic heterocycles. The number of para-hydroxylation sites is 2. The molecule has 0 spiro atoms. The number of likely N-dealkylation sites (N-methyl/N-ethyl adjacent to an activating group) is 1. The number of nitrogens with zero attached hydrogens (tertiary/aromatic N) is 1. The zero-order valence-corrected chi connectivity index (χ0v) is 23.6. The van der Waals surface area contributed by atoms with Gasteiger partial charge >= 0.3 is 0 Å². The van der Waals surface area contributed by atoms with Gasteiger partial charge in [0.05, 0.1) is 0 Å². The number of hydrogen-bond acceptors (Lipinski definition) is 3. The number of anilines is 2. The normalized spacial score (nSPS) is 11.6. The van der Waals surface area contributed by atoms with E-state index in [1.807, 2.05) is 0 Å². The van der Waals surface area contributed by atoms with Crippen LogP contribution in [-0.2, 0) is 17.1 Å². The average Bonchev–Trinajstić information content (AvgIpc) is 2.73. The van der Waals surface area contributed by atoms with Crippen LogP contribution < -0.4 is 10.6 Å². The van der Waals surface area contributed by atoms with Gasteiger partial charge in [0.1, 0.15) is 0 Å². The molecule has 0 amide bonds. The van der Waals surface area contributed by atoms with Crippen molar-refractivity contribution in [3.05, 3.63) is 58.7 Å². The minimum atomic E-state index is 0. The molecule has 0 aliphatic rings. The summed E-state index contributed by atoms with van der Waals surface area (Å²) in [5.74, 6) is 2.09. The third-order valence-corrected chi connectivity index (χ3v) is 6.34. The maximum Gasteiger partial charge on any atom is 0.0410 e. The molecule has 2 N–H and O–H groups in total. The van der Waals surface area contributed by atoms with Crippen molar-refractivity contribution >= 4 is 11.4 Å². The van der Waals surface area contributed by atoms with E-state index in [2.05, 4.69) is 114 Å². The van der Waals surface area contributed by atoms with Crippen molar-refractivity contribution in [3.8, 4) is 0 Å². The fraction of sp³-hybridized carbons (Fsp3) is 0.586. The largest absolute Gasteiger partial charge is 0.383 e. The third-order valence-electron chi connectivity index (χ3n) is 6.34. The third kappa shape index (κ3) is 8.35. The summed E-state index contributed by atoms with van der Waals surface area (Å²) in [6, 6.07) is 13.5. The molecule has 0 bridgehead atoms. The van der Waals surface area contributed by atoms with Gasteiger partial charge < -0.3 is 15.5 Å². The fourth-order valence-corrected chi connectivity index (χ4v) is 4.37. The second kappa shape index (κ2) is 14.0. The van der Waals surface area contributed by atoms with Crippen LogP contribution in [0.25, 0.3) is 0 Å². The summed E-state index contributed by atoms with van der Waals surface area (Å²) in [5.41, 5.74) is 8.38. The molecule has 0 unspecified atom stereocenters. The summed E-state index contributed by atoms with van der Waals surface area (Å²) in [7, 11) is 2.22. The van der Waals surface area contributed by atoms with Crippen molar-refractivity contribution in [1.82, 2.24) is 4.90 Å². The van der Waals surface area contributed by atoms with E-state index in [0.29, 0.717) is 23.7 Å². The van der Waals surface area contributed by atoms with Crippen molar-refractivity contribution in [2.45, 2.75) is 79.1 Å². The van der Waals surface area contributed by atoms with Gasteiger partial charge in [0, 0.05) is 54.6 Å². The first-order valence-electron chi connectivity index (χ1n) is 12.5. The molecule has 2 aromatic rings. The van der Waals surface area contributed by atoms with E-state index < -0.39 is 0 Å². The topological polar surface area (TPSA) is 27.3 Å². The second-order valence-electron chi connectivity index (χ2n) is 10.4. The molecule has 3 nitrogen and oxygen atoms in total. The van der Waals surface area contributed by atoms with Gasteiger partial charge in [-0.1, -0.05) is 91.8 Å². The predicted molar refractivity (Wildman–Crippen MR) is 144 cm³/mol. The molecule has 0 aliphatic heterocycles. The van der Waals surface area contributed by atoms with Crippen LogP contribution in [0.3, 0.4) is 0 Å². The minimum absolute atomic E-state index is 0. The first-order valence-corrected chi connectivity index (χ1v) is 12.5. The number of nitrogens with one attached hydrogen (secondary N) is 2. The predicted octanol–water partition coefficient (Wildman–Crippen LogP) is 7.63. The standard InChI is InChI=1S/C29H47N3.Mn/c1-20(2)24-12-10-13-25(21(3)4)28(24)30-16-18-32(9)19-17-31-29-26(22(5)6)14-11-15-27(29)23(7)8;/h10-15,20-23,30-31H,16-19H2,1-9H3;. The van der Waals surface area contributed by atoms with Crippen LogP contribution in [0.4, 0.5) is 11.4 Å². The van der Waals surface area contributed by atoms with Crippen LogP contribution in [0.2, 0.25) is 0 Å². The van der Waals surface area contributed by atoms with Crippen LogP contribution >= 0.6 is 0 Å². The number of benzene rings is 2. The van der Waals surface area contributed by atoms with Crippen molar-refractivity contribution in [3.63, 3.8) is 0 Å². The van der Waals surface area contributed by atoms with Gasteiger partial charge in [0.2, 0.25) is 0 Å². The zero-order valence-electron chi connectivity index (χ0n) is 22.4. The maximum atomic E-state index is 3.77. The van der Waals surface area contributed by atoms with Gasteiger partial charge in [0.25, 0.3) is 0 Å². The molecular formula is C29H47MnN3. The summed E-state index contributed by atoms with van der Waals surface area (Å²) < 4.78 is 0. The molecular weight excluding hydrogens is 445 g/mol. The van der Waals surface area contributed by atoms with Crippen molar-refractivity contribution in [2.75, 3.05) is 43.9 Å². The Morgan fingerprint density at radius 3 is 1.09 bits per heavy atom. The van der Waals surface area contributed by atoms with Crippen LogP contribution in [0, 0.1) is 0 Å². The Morgan fingerprint density at radius 2 is 0.848 bits per heavy atom. The van der Waals surface area contributed by atoms with E-state index in [1.165, 1.54) is 33.6 Å². The minimum Gasteiger partial charge on any atom is -0.383 e. The van der Waals surface area contributed by atoms with E-state index in [-0.39, 0.29) is 17.1 Å². The molecule has 0 aliphatic carbocycles. The van der Waals surface area contributed by atoms with Gasteiger partial charge in [-0.15, -0.1) is 0 Å². The molecule has 0 saturated carbocycles. The Labute approximate surface area is 214 Å². The second-order valence-corrected chi connectivity index (χ2v) is 10.4. The molecule has 2 rings (SSSR count). The molecule has 33 heavy (non-hydrogen) atoms. The first kappa shape index (κ1) is 29.6. The van der Waals surface area contributed by atoms with Gasteiger partial charge in [-0.25, -0.2) is 0 Å². The van der Waals surface area contributed by atoms with Gasteiger partial charge in [0.15, 0.2) is 0 Å². The van der Waals surface area contributed by atoms with E-state index >= 15 is 0 Å². The van der Waals surface area contributed by atoms with Crippen molar-refractivity contribution < 1.29 is 17.1 Å². The summed E-state index contributed by atoms with van der Waals surface area (Å²) in [6.07, 6.45) is 0. The Balaban J connectivity index is 0.00000544.